The minimum atomic E-state index is -1.41. The lowest BCUT2D eigenvalue weighted by Gasteiger charge is -2.25. The maximum Gasteiger partial charge on any atom is 0.256 e. The highest BCUT2D eigenvalue weighted by Gasteiger charge is 2.33. The van der Waals surface area contributed by atoms with Gasteiger partial charge in [-0.25, -0.2) is 0 Å². The van der Waals surface area contributed by atoms with E-state index in [0.717, 1.165) is 5.56 Å². The summed E-state index contributed by atoms with van der Waals surface area (Å²) in [4.78, 5) is 16.0. The molecular weight excluding hydrogens is 268 g/mol. The van der Waals surface area contributed by atoms with Crippen LogP contribution in [0, 0.1) is 5.92 Å². The van der Waals surface area contributed by atoms with Gasteiger partial charge in [-0.1, -0.05) is 13.8 Å². The van der Waals surface area contributed by atoms with Crippen molar-refractivity contribution in [3.05, 3.63) is 42.5 Å². The minimum Gasteiger partial charge on any atom is -0.380 e. The Labute approximate surface area is 123 Å². The molecule has 0 radical (unpaired) electrons. The molecule has 2 aromatic rings. The van der Waals surface area contributed by atoms with Gasteiger partial charge in [-0.2, -0.15) is 5.10 Å². The van der Waals surface area contributed by atoms with Crippen LogP contribution in [0.25, 0.3) is 0 Å². The van der Waals surface area contributed by atoms with Crippen LogP contribution in [0.5, 0.6) is 0 Å². The maximum absolute atomic E-state index is 12.0. The number of aliphatic hydroxyl groups is 1. The predicted octanol–water partition coefficient (Wildman–Crippen LogP) is 1.67. The Morgan fingerprint density at radius 1 is 1.43 bits per heavy atom. The van der Waals surface area contributed by atoms with Crippen molar-refractivity contribution in [1.82, 2.24) is 14.8 Å². The number of aromatic nitrogens is 3. The number of hydrogen-bond donors (Lipinski definition) is 2. The van der Waals surface area contributed by atoms with E-state index in [1.165, 1.54) is 6.92 Å². The number of anilines is 1. The fourth-order valence-electron chi connectivity index (χ4n) is 1.71. The summed E-state index contributed by atoms with van der Waals surface area (Å²) in [5, 5.41) is 17.0. The molecule has 0 spiro atoms. The van der Waals surface area contributed by atoms with Crippen LogP contribution in [-0.4, -0.2) is 31.4 Å². The molecule has 0 aliphatic heterocycles. The Morgan fingerprint density at radius 2 is 2.10 bits per heavy atom. The number of rotatable bonds is 5. The van der Waals surface area contributed by atoms with Gasteiger partial charge in [0.25, 0.3) is 5.91 Å². The third-order valence-corrected chi connectivity index (χ3v) is 3.57. The second-order valence-corrected chi connectivity index (χ2v) is 5.54. The van der Waals surface area contributed by atoms with Crippen LogP contribution in [0.2, 0.25) is 0 Å². The number of amides is 1. The highest BCUT2D eigenvalue weighted by molar-refractivity contribution is 5.96. The summed E-state index contributed by atoms with van der Waals surface area (Å²) in [6.07, 6.45) is 6.74. The molecule has 0 saturated heterocycles. The van der Waals surface area contributed by atoms with Crippen LogP contribution in [-0.2, 0) is 11.3 Å². The van der Waals surface area contributed by atoms with E-state index in [0.29, 0.717) is 12.2 Å². The molecule has 0 aliphatic carbocycles. The Balaban J connectivity index is 2.02. The van der Waals surface area contributed by atoms with Crippen LogP contribution in [0.15, 0.2) is 36.9 Å². The Kier molecular flexibility index (Phi) is 4.37. The molecule has 21 heavy (non-hydrogen) atoms. The van der Waals surface area contributed by atoms with Gasteiger partial charge in [0.2, 0.25) is 0 Å². The SMILES string of the molecule is CC(C)C(C)(O)C(=O)Nc1cnn(Cc2ccncc2)c1. The standard InChI is InChI=1S/C15H20N4O2/c1-11(2)15(3,21)14(20)18-13-8-17-19(10-13)9-12-4-6-16-7-5-12/h4-8,10-11,21H,9H2,1-3H3,(H,18,20). The first kappa shape index (κ1) is 15.2. The molecule has 1 amide bonds. The third-order valence-electron chi connectivity index (χ3n) is 3.57. The predicted molar refractivity (Wildman–Crippen MR) is 79.7 cm³/mol. The van der Waals surface area contributed by atoms with Crippen molar-refractivity contribution in [2.75, 3.05) is 5.32 Å². The maximum atomic E-state index is 12.0. The van der Waals surface area contributed by atoms with Crippen molar-refractivity contribution in [3.63, 3.8) is 0 Å². The van der Waals surface area contributed by atoms with E-state index in [1.807, 2.05) is 12.1 Å². The second-order valence-electron chi connectivity index (χ2n) is 5.54. The summed E-state index contributed by atoms with van der Waals surface area (Å²) in [5.74, 6) is -0.606. The van der Waals surface area contributed by atoms with Gasteiger partial charge in [-0.05, 0) is 30.5 Å². The number of nitrogens with one attached hydrogen (secondary N) is 1. The first-order chi connectivity index (χ1) is 9.89. The second kappa shape index (κ2) is 6.05. The number of carbonyl (C=O) groups is 1. The van der Waals surface area contributed by atoms with Crippen molar-refractivity contribution >= 4 is 11.6 Å². The number of pyridine rings is 1. The first-order valence-corrected chi connectivity index (χ1v) is 6.85. The quantitative estimate of drug-likeness (QED) is 0.877. The van der Waals surface area contributed by atoms with E-state index in [1.54, 1.807) is 43.3 Å². The van der Waals surface area contributed by atoms with Crippen molar-refractivity contribution < 1.29 is 9.90 Å². The molecule has 6 nitrogen and oxygen atoms in total. The van der Waals surface area contributed by atoms with Gasteiger partial charge < -0.3 is 10.4 Å². The summed E-state index contributed by atoms with van der Waals surface area (Å²) in [6, 6.07) is 3.81. The van der Waals surface area contributed by atoms with E-state index >= 15 is 0 Å². The van der Waals surface area contributed by atoms with Crippen LogP contribution in [0.3, 0.4) is 0 Å². The smallest absolute Gasteiger partial charge is 0.256 e. The van der Waals surface area contributed by atoms with Gasteiger partial charge in [0.05, 0.1) is 18.4 Å². The van der Waals surface area contributed by atoms with E-state index in [2.05, 4.69) is 15.4 Å². The molecule has 2 rings (SSSR count). The summed E-state index contributed by atoms with van der Waals surface area (Å²) >= 11 is 0. The van der Waals surface area contributed by atoms with Crippen molar-refractivity contribution in [3.8, 4) is 0 Å². The van der Waals surface area contributed by atoms with Gasteiger partial charge in [0, 0.05) is 18.6 Å². The molecule has 0 fully saturated rings. The molecule has 0 saturated carbocycles. The topological polar surface area (TPSA) is 80.0 Å². The van der Waals surface area contributed by atoms with Crippen LogP contribution in [0.1, 0.15) is 26.3 Å². The normalized spacial score (nSPS) is 14.0. The van der Waals surface area contributed by atoms with E-state index < -0.39 is 11.5 Å². The van der Waals surface area contributed by atoms with Gasteiger partial charge in [0.15, 0.2) is 0 Å². The summed E-state index contributed by atoms with van der Waals surface area (Å²) < 4.78 is 1.72. The highest BCUT2D eigenvalue weighted by atomic mass is 16.3. The van der Waals surface area contributed by atoms with E-state index in [4.69, 9.17) is 0 Å². The first-order valence-electron chi connectivity index (χ1n) is 6.85. The summed E-state index contributed by atoms with van der Waals surface area (Å²) in [5.41, 5.74) is 0.225. The molecule has 1 atom stereocenters. The largest absolute Gasteiger partial charge is 0.380 e. The lowest BCUT2D eigenvalue weighted by molar-refractivity contribution is -0.136. The van der Waals surface area contributed by atoms with Gasteiger partial charge in [-0.15, -0.1) is 0 Å². The number of nitrogens with zero attached hydrogens (tertiary/aromatic N) is 3. The zero-order chi connectivity index (χ0) is 15.5. The average molecular weight is 288 g/mol. The Hall–Kier alpha value is -2.21. The molecule has 0 aliphatic rings. The zero-order valence-corrected chi connectivity index (χ0v) is 12.4. The number of carbonyl (C=O) groups excluding carboxylic acids is 1. The fourth-order valence-corrected chi connectivity index (χ4v) is 1.71. The molecule has 1 unspecified atom stereocenters. The van der Waals surface area contributed by atoms with Crippen LogP contribution in [0.4, 0.5) is 5.69 Å². The molecule has 2 heterocycles. The van der Waals surface area contributed by atoms with Gasteiger partial charge in [-0.3, -0.25) is 14.5 Å². The average Bonchev–Trinajstić information content (AvgIpc) is 2.86. The van der Waals surface area contributed by atoms with E-state index in [9.17, 15) is 9.90 Å². The van der Waals surface area contributed by atoms with Gasteiger partial charge in [0.1, 0.15) is 5.60 Å². The zero-order valence-electron chi connectivity index (χ0n) is 12.4. The van der Waals surface area contributed by atoms with Crippen LogP contribution < -0.4 is 5.32 Å². The fraction of sp³-hybridized carbons (Fsp3) is 0.400. The monoisotopic (exact) mass is 288 g/mol. The summed E-state index contributed by atoms with van der Waals surface area (Å²) in [7, 11) is 0. The summed E-state index contributed by atoms with van der Waals surface area (Å²) in [6.45, 7) is 5.70. The molecule has 2 aromatic heterocycles. The molecule has 6 heteroatoms. The molecule has 0 aromatic carbocycles. The van der Waals surface area contributed by atoms with Gasteiger partial charge >= 0.3 is 0 Å². The van der Waals surface area contributed by atoms with Crippen LogP contribution >= 0.6 is 0 Å². The third kappa shape index (κ3) is 3.66. The Morgan fingerprint density at radius 3 is 2.71 bits per heavy atom. The van der Waals surface area contributed by atoms with Crippen molar-refractivity contribution in [2.24, 2.45) is 5.92 Å². The lowest BCUT2D eigenvalue weighted by atomic mass is 9.91. The Bertz CT molecular complexity index is 605. The minimum absolute atomic E-state index is 0.177. The molecule has 2 N–H and O–H groups in total. The van der Waals surface area contributed by atoms with Crippen molar-refractivity contribution in [2.45, 2.75) is 32.9 Å². The molecular formula is C15H20N4O2. The van der Waals surface area contributed by atoms with E-state index in [-0.39, 0.29) is 5.92 Å². The molecule has 112 valence electrons. The van der Waals surface area contributed by atoms with Crippen molar-refractivity contribution in [1.29, 1.82) is 0 Å². The lowest BCUT2D eigenvalue weighted by Crippen LogP contribution is -2.44. The highest BCUT2D eigenvalue weighted by Crippen LogP contribution is 2.18. The molecule has 0 bridgehead atoms. The number of hydrogen-bond acceptors (Lipinski definition) is 4.